The average molecular weight is 583 g/mol. The molecule has 40 heavy (non-hydrogen) atoms. The predicted molar refractivity (Wildman–Crippen MR) is 140 cm³/mol. The predicted octanol–water partition coefficient (Wildman–Crippen LogP) is 2.85. The van der Waals surface area contributed by atoms with Crippen molar-refractivity contribution >= 4 is 19.0 Å². The SMILES string of the molecule is CCCn1c(=O)c2c(nc(-c3cnn(Cc4cccc(C(C)(F)F)c4)c3)n2COCOP(=O)(O)O)n(CC)c1=O. The molecule has 0 amide bonds. The number of ether oxygens (including phenoxy) is 1. The lowest BCUT2D eigenvalue weighted by Crippen LogP contribution is -2.40. The Morgan fingerprint density at radius 1 is 1.12 bits per heavy atom. The molecule has 4 aromatic rings. The third-order valence-electron chi connectivity index (χ3n) is 6.07. The first-order chi connectivity index (χ1) is 18.8. The summed E-state index contributed by atoms with van der Waals surface area (Å²) in [6.45, 7) is 3.75. The van der Waals surface area contributed by atoms with Crippen molar-refractivity contribution in [2.45, 2.75) is 59.5 Å². The molecule has 216 valence electrons. The normalized spacial score (nSPS) is 12.5. The van der Waals surface area contributed by atoms with E-state index in [2.05, 4.69) is 14.6 Å². The number of imidazole rings is 1. The standard InChI is InChI=1S/C24H29F2N6O7P/c1-4-9-31-22(33)19-21(30(5-2)23(31)34)28-20(32(19)14-38-15-39-40(35,36)37)17-11-27-29(13-17)12-16-7-6-8-18(10-16)24(3,25)26/h6-8,10-11,13H,4-5,9,12,14-15H2,1-3H3,(H2,35,36,37). The molecule has 16 heteroatoms. The molecule has 0 spiro atoms. The quantitative estimate of drug-likeness (QED) is 0.146. The number of benzene rings is 1. The lowest BCUT2D eigenvalue weighted by Gasteiger charge is -2.12. The number of phosphoric acid groups is 1. The van der Waals surface area contributed by atoms with Crippen molar-refractivity contribution in [3.05, 3.63) is 68.6 Å². The topological polar surface area (TPSA) is 156 Å². The number of fused-ring (bicyclic) bond motifs is 1. The first-order valence-electron chi connectivity index (χ1n) is 12.4. The van der Waals surface area contributed by atoms with Crippen LogP contribution in [0.1, 0.15) is 38.3 Å². The molecule has 0 fully saturated rings. The molecule has 0 saturated heterocycles. The van der Waals surface area contributed by atoms with E-state index in [9.17, 15) is 22.9 Å². The zero-order chi connectivity index (χ0) is 29.2. The van der Waals surface area contributed by atoms with E-state index in [1.807, 2.05) is 6.92 Å². The summed E-state index contributed by atoms with van der Waals surface area (Å²) >= 11 is 0. The van der Waals surface area contributed by atoms with E-state index >= 15 is 0 Å². The molecule has 0 aliphatic carbocycles. The summed E-state index contributed by atoms with van der Waals surface area (Å²) in [5.41, 5.74) is -0.0976. The van der Waals surface area contributed by atoms with Crippen molar-refractivity contribution in [3.8, 4) is 11.4 Å². The fourth-order valence-electron chi connectivity index (χ4n) is 4.27. The Labute approximate surface area is 226 Å². The van der Waals surface area contributed by atoms with Gasteiger partial charge in [0.1, 0.15) is 12.6 Å². The Bertz CT molecular complexity index is 1680. The van der Waals surface area contributed by atoms with Crippen LogP contribution in [0.25, 0.3) is 22.6 Å². The molecular formula is C24H29F2N6O7P. The first-order valence-corrected chi connectivity index (χ1v) is 13.9. The summed E-state index contributed by atoms with van der Waals surface area (Å²) in [4.78, 5) is 48.9. The van der Waals surface area contributed by atoms with Gasteiger partial charge in [0, 0.05) is 31.8 Å². The monoisotopic (exact) mass is 582 g/mol. The van der Waals surface area contributed by atoms with Gasteiger partial charge in [0.25, 0.3) is 11.5 Å². The zero-order valence-corrected chi connectivity index (χ0v) is 22.9. The summed E-state index contributed by atoms with van der Waals surface area (Å²) in [6, 6.07) is 5.96. The Morgan fingerprint density at radius 2 is 1.88 bits per heavy atom. The highest BCUT2D eigenvalue weighted by Crippen LogP contribution is 2.35. The van der Waals surface area contributed by atoms with E-state index in [1.165, 1.54) is 38.2 Å². The van der Waals surface area contributed by atoms with Crippen LogP contribution in [0.2, 0.25) is 0 Å². The second-order valence-electron chi connectivity index (χ2n) is 9.11. The zero-order valence-electron chi connectivity index (χ0n) is 22.0. The highest BCUT2D eigenvalue weighted by atomic mass is 31.2. The second-order valence-corrected chi connectivity index (χ2v) is 10.3. The molecule has 0 bridgehead atoms. The first kappa shape index (κ1) is 29.5. The second kappa shape index (κ2) is 11.6. The summed E-state index contributed by atoms with van der Waals surface area (Å²) in [5, 5.41) is 4.30. The Morgan fingerprint density at radius 3 is 2.52 bits per heavy atom. The van der Waals surface area contributed by atoms with Gasteiger partial charge in [0.2, 0.25) is 0 Å². The van der Waals surface area contributed by atoms with Crippen molar-refractivity contribution in [1.82, 2.24) is 28.5 Å². The molecule has 0 saturated carbocycles. The lowest BCUT2D eigenvalue weighted by molar-refractivity contribution is -0.0317. The van der Waals surface area contributed by atoms with Crippen LogP contribution in [0.5, 0.6) is 0 Å². The minimum Gasteiger partial charge on any atom is -0.334 e. The minimum absolute atomic E-state index is 0.0479. The van der Waals surface area contributed by atoms with Gasteiger partial charge in [-0.25, -0.2) is 23.1 Å². The highest BCUT2D eigenvalue weighted by Gasteiger charge is 2.25. The number of aryl methyl sites for hydroxylation is 1. The fourth-order valence-corrected chi connectivity index (χ4v) is 4.48. The van der Waals surface area contributed by atoms with E-state index in [0.29, 0.717) is 17.5 Å². The molecule has 0 aliphatic rings. The van der Waals surface area contributed by atoms with Crippen molar-refractivity contribution < 1.29 is 32.4 Å². The number of hydrogen-bond acceptors (Lipinski definition) is 7. The Kier molecular flexibility index (Phi) is 8.52. The van der Waals surface area contributed by atoms with Gasteiger partial charge in [-0.05, 0) is 25.0 Å². The van der Waals surface area contributed by atoms with Gasteiger partial charge in [-0.15, -0.1) is 0 Å². The lowest BCUT2D eigenvalue weighted by atomic mass is 10.1. The average Bonchev–Trinajstić information content (AvgIpc) is 3.48. The Balaban J connectivity index is 1.79. The molecule has 3 heterocycles. The van der Waals surface area contributed by atoms with Crippen LogP contribution >= 0.6 is 7.82 Å². The van der Waals surface area contributed by atoms with Gasteiger partial charge in [-0.2, -0.15) is 5.10 Å². The van der Waals surface area contributed by atoms with Gasteiger partial charge in [-0.1, -0.05) is 25.1 Å². The summed E-state index contributed by atoms with van der Waals surface area (Å²) < 4.78 is 53.6. The van der Waals surface area contributed by atoms with Gasteiger partial charge in [-0.3, -0.25) is 27.7 Å². The van der Waals surface area contributed by atoms with E-state index < -0.39 is 38.5 Å². The molecule has 4 rings (SSSR count). The van der Waals surface area contributed by atoms with E-state index in [-0.39, 0.29) is 42.2 Å². The maximum atomic E-state index is 13.8. The third kappa shape index (κ3) is 6.29. The number of halogens is 2. The van der Waals surface area contributed by atoms with Gasteiger partial charge < -0.3 is 14.5 Å². The minimum atomic E-state index is -4.80. The van der Waals surface area contributed by atoms with Crippen molar-refractivity contribution in [1.29, 1.82) is 0 Å². The Hall–Kier alpha value is -3.49. The summed E-state index contributed by atoms with van der Waals surface area (Å²) in [5.74, 6) is -2.81. The molecule has 0 unspecified atom stereocenters. The van der Waals surface area contributed by atoms with Gasteiger partial charge >= 0.3 is 13.5 Å². The van der Waals surface area contributed by atoms with Gasteiger partial charge in [0.15, 0.2) is 18.0 Å². The van der Waals surface area contributed by atoms with Crippen LogP contribution in [0.4, 0.5) is 8.78 Å². The number of phosphoric ester groups is 1. The van der Waals surface area contributed by atoms with E-state index in [0.717, 1.165) is 11.5 Å². The van der Waals surface area contributed by atoms with E-state index in [4.69, 9.17) is 14.5 Å². The number of aromatic nitrogens is 6. The number of alkyl halides is 2. The van der Waals surface area contributed by atoms with Crippen LogP contribution in [-0.4, -0.2) is 45.0 Å². The van der Waals surface area contributed by atoms with E-state index in [1.54, 1.807) is 19.2 Å². The summed E-state index contributed by atoms with van der Waals surface area (Å²) in [6.07, 6.45) is 3.58. The number of nitrogens with zero attached hydrogens (tertiary/aromatic N) is 6. The molecule has 1 aromatic carbocycles. The number of hydrogen-bond donors (Lipinski definition) is 2. The van der Waals surface area contributed by atoms with Crippen LogP contribution in [0.3, 0.4) is 0 Å². The maximum absolute atomic E-state index is 13.8. The molecule has 0 atom stereocenters. The molecule has 0 radical (unpaired) electrons. The molecule has 13 nitrogen and oxygen atoms in total. The fraction of sp³-hybridized carbons (Fsp3) is 0.417. The van der Waals surface area contributed by atoms with Crippen LogP contribution < -0.4 is 11.2 Å². The molecule has 3 aromatic heterocycles. The molecular weight excluding hydrogens is 553 g/mol. The van der Waals surface area contributed by atoms with Crippen molar-refractivity contribution in [2.24, 2.45) is 0 Å². The third-order valence-corrected chi connectivity index (χ3v) is 6.51. The molecule has 2 N–H and O–H groups in total. The molecule has 0 aliphatic heterocycles. The summed E-state index contributed by atoms with van der Waals surface area (Å²) in [7, 11) is -4.80. The van der Waals surface area contributed by atoms with Gasteiger partial charge in [0.05, 0.1) is 18.3 Å². The number of rotatable bonds is 12. The maximum Gasteiger partial charge on any atom is 0.471 e. The highest BCUT2D eigenvalue weighted by molar-refractivity contribution is 7.46. The largest absolute Gasteiger partial charge is 0.471 e. The van der Waals surface area contributed by atoms with Crippen LogP contribution in [-0.2, 0) is 46.1 Å². The van der Waals surface area contributed by atoms with Crippen molar-refractivity contribution in [3.63, 3.8) is 0 Å². The van der Waals surface area contributed by atoms with Crippen LogP contribution in [0, 0.1) is 0 Å². The van der Waals surface area contributed by atoms with Crippen molar-refractivity contribution in [2.75, 3.05) is 6.79 Å². The van der Waals surface area contributed by atoms with Crippen LogP contribution in [0.15, 0.2) is 46.2 Å². The smallest absolute Gasteiger partial charge is 0.334 e.